The van der Waals surface area contributed by atoms with Gasteiger partial charge >= 0.3 is 0 Å². The molecular weight excluding hydrogens is 190 g/mol. The van der Waals surface area contributed by atoms with E-state index in [9.17, 15) is 4.79 Å². The van der Waals surface area contributed by atoms with Crippen LogP contribution in [-0.4, -0.2) is 32.1 Å². The van der Waals surface area contributed by atoms with Crippen LogP contribution in [-0.2, 0) is 4.74 Å². The maximum Gasteiger partial charge on any atom is 0.161 e. The van der Waals surface area contributed by atoms with E-state index in [4.69, 9.17) is 4.74 Å². The molecule has 0 atom stereocenters. The van der Waals surface area contributed by atoms with Crippen molar-refractivity contribution in [3.63, 3.8) is 0 Å². The molecule has 3 heteroatoms. The van der Waals surface area contributed by atoms with Gasteiger partial charge in [0.15, 0.2) is 5.78 Å². The third kappa shape index (κ3) is 1.88. The van der Waals surface area contributed by atoms with E-state index in [1.807, 2.05) is 31.3 Å². The number of benzene rings is 1. The molecule has 1 aromatic carbocycles. The summed E-state index contributed by atoms with van der Waals surface area (Å²) in [6, 6.07) is 8.11. The fraction of sp³-hybridized carbons (Fsp3) is 0.417. The molecule has 1 fully saturated rings. The number of hydrogen-bond acceptors (Lipinski definition) is 3. The summed E-state index contributed by atoms with van der Waals surface area (Å²) in [5.74, 6) is 0.109. The van der Waals surface area contributed by atoms with Gasteiger partial charge in [-0.1, -0.05) is 12.1 Å². The first-order valence-electron chi connectivity index (χ1n) is 5.10. The van der Waals surface area contributed by atoms with Crippen molar-refractivity contribution in [1.29, 1.82) is 0 Å². The molecule has 0 aliphatic carbocycles. The Labute approximate surface area is 89.7 Å². The highest BCUT2D eigenvalue weighted by molar-refractivity contribution is 5.99. The number of nitrogens with zero attached hydrogens (tertiary/aromatic N) is 1. The Morgan fingerprint density at radius 3 is 2.60 bits per heavy atom. The molecule has 0 spiro atoms. The van der Waals surface area contributed by atoms with E-state index < -0.39 is 0 Å². The van der Waals surface area contributed by atoms with E-state index >= 15 is 0 Å². The van der Waals surface area contributed by atoms with Gasteiger partial charge in [-0.25, -0.2) is 0 Å². The predicted octanol–water partition coefficient (Wildman–Crippen LogP) is 1.72. The van der Waals surface area contributed by atoms with Crippen molar-refractivity contribution < 1.29 is 9.53 Å². The minimum Gasteiger partial charge on any atom is -0.377 e. The second-order valence-corrected chi connectivity index (χ2v) is 3.88. The Morgan fingerprint density at radius 1 is 1.40 bits per heavy atom. The number of likely N-dealkylation sites (N-methyl/N-ethyl adjacent to an activating group) is 1. The molecule has 0 N–H and O–H groups in total. The minimum atomic E-state index is 0.109. The summed E-state index contributed by atoms with van der Waals surface area (Å²) in [5, 5.41) is 0. The third-order valence-corrected chi connectivity index (χ3v) is 2.83. The molecule has 0 saturated carbocycles. The number of ketones is 1. The van der Waals surface area contributed by atoms with Crippen LogP contribution in [0.1, 0.15) is 17.3 Å². The van der Waals surface area contributed by atoms with Gasteiger partial charge in [-0.15, -0.1) is 0 Å². The second-order valence-electron chi connectivity index (χ2n) is 3.88. The Morgan fingerprint density at radius 2 is 2.07 bits per heavy atom. The van der Waals surface area contributed by atoms with E-state index in [0.717, 1.165) is 24.5 Å². The predicted molar refractivity (Wildman–Crippen MR) is 59.5 cm³/mol. The SMILES string of the molecule is CC(=O)c1ccccc1N(C)C1COC1. The Bertz CT molecular complexity index is 372. The van der Waals surface area contributed by atoms with E-state index in [-0.39, 0.29) is 5.78 Å². The molecule has 1 aromatic rings. The quantitative estimate of drug-likeness (QED) is 0.704. The Kier molecular flexibility index (Phi) is 2.73. The molecule has 0 unspecified atom stereocenters. The first-order valence-corrected chi connectivity index (χ1v) is 5.10. The van der Waals surface area contributed by atoms with E-state index in [2.05, 4.69) is 4.90 Å². The van der Waals surface area contributed by atoms with Crippen molar-refractivity contribution in [2.24, 2.45) is 0 Å². The van der Waals surface area contributed by atoms with Crippen LogP contribution < -0.4 is 4.90 Å². The monoisotopic (exact) mass is 205 g/mol. The van der Waals surface area contributed by atoms with Crippen LogP contribution in [0, 0.1) is 0 Å². The van der Waals surface area contributed by atoms with Crippen molar-refractivity contribution in [2.75, 3.05) is 25.2 Å². The van der Waals surface area contributed by atoms with Gasteiger partial charge in [-0.3, -0.25) is 4.79 Å². The normalized spacial score (nSPS) is 15.9. The lowest BCUT2D eigenvalue weighted by atomic mass is 10.1. The standard InChI is InChI=1S/C12H15NO2/c1-9(14)11-5-3-4-6-12(11)13(2)10-7-15-8-10/h3-6,10H,7-8H2,1-2H3. The summed E-state index contributed by atoms with van der Waals surface area (Å²) in [6.45, 7) is 3.11. The molecule has 1 heterocycles. The summed E-state index contributed by atoms with van der Waals surface area (Å²) < 4.78 is 5.15. The fourth-order valence-corrected chi connectivity index (χ4v) is 1.72. The van der Waals surface area contributed by atoms with Gasteiger partial charge in [-0.05, 0) is 19.1 Å². The second kappa shape index (κ2) is 4.03. The van der Waals surface area contributed by atoms with E-state index in [1.54, 1.807) is 6.92 Å². The molecule has 0 aromatic heterocycles. The molecule has 1 saturated heterocycles. The summed E-state index contributed by atoms with van der Waals surface area (Å²) in [6.07, 6.45) is 0. The van der Waals surface area contributed by atoms with Crippen LogP contribution in [0.3, 0.4) is 0 Å². The molecule has 1 aliphatic rings. The summed E-state index contributed by atoms with van der Waals surface area (Å²) in [7, 11) is 2.01. The van der Waals surface area contributed by atoms with Crippen LogP contribution in [0.15, 0.2) is 24.3 Å². The molecular formula is C12H15NO2. The number of carbonyl (C=O) groups excluding carboxylic acids is 1. The topological polar surface area (TPSA) is 29.5 Å². The van der Waals surface area contributed by atoms with Gasteiger partial charge in [0.05, 0.1) is 19.3 Å². The van der Waals surface area contributed by atoms with Gasteiger partial charge in [0.1, 0.15) is 0 Å². The maximum atomic E-state index is 11.4. The van der Waals surface area contributed by atoms with Crippen molar-refractivity contribution in [1.82, 2.24) is 0 Å². The third-order valence-electron chi connectivity index (χ3n) is 2.83. The van der Waals surface area contributed by atoms with Gasteiger partial charge < -0.3 is 9.64 Å². The zero-order valence-electron chi connectivity index (χ0n) is 9.06. The highest BCUT2D eigenvalue weighted by Crippen LogP contribution is 2.23. The zero-order valence-corrected chi connectivity index (χ0v) is 9.06. The molecule has 3 nitrogen and oxygen atoms in total. The largest absolute Gasteiger partial charge is 0.377 e. The van der Waals surface area contributed by atoms with Crippen LogP contribution in [0.4, 0.5) is 5.69 Å². The first-order chi connectivity index (χ1) is 7.20. The lowest BCUT2D eigenvalue weighted by Crippen LogP contribution is -2.47. The lowest BCUT2D eigenvalue weighted by molar-refractivity contribution is 0.0101. The van der Waals surface area contributed by atoms with Crippen molar-refractivity contribution in [2.45, 2.75) is 13.0 Å². The molecule has 80 valence electrons. The maximum absolute atomic E-state index is 11.4. The molecule has 15 heavy (non-hydrogen) atoms. The number of ether oxygens (including phenoxy) is 1. The van der Waals surface area contributed by atoms with Crippen LogP contribution in [0.25, 0.3) is 0 Å². The van der Waals surface area contributed by atoms with Gasteiger partial charge in [0.25, 0.3) is 0 Å². The number of carbonyl (C=O) groups is 1. The van der Waals surface area contributed by atoms with Gasteiger partial charge in [-0.2, -0.15) is 0 Å². The average molecular weight is 205 g/mol. The number of anilines is 1. The highest BCUT2D eigenvalue weighted by Gasteiger charge is 2.25. The van der Waals surface area contributed by atoms with Crippen molar-refractivity contribution >= 4 is 11.5 Å². The van der Waals surface area contributed by atoms with Crippen LogP contribution >= 0.6 is 0 Å². The molecule has 2 rings (SSSR count). The van der Waals surface area contributed by atoms with Crippen LogP contribution in [0.5, 0.6) is 0 Å². The first kappa shape index (κ1) is 10.2. The number of para-hydroxylation sites is 1. The molecule has 0 amide bonds. The molecule has 0 radical (unpaired) electrons. The number of hydrogen-bond donors (Lipinski definition) is 0. The number of Topliss-reactive ketones (excluding diaryl/α,β-unsaturated/α-hetero) is 1. The zero-order chi connectivity index (χ0) is 10.8. The van der Waals surface area contributed by atoms with Crippen molar-refractivity contribution in [3.8, 4) is 0 Å². The van der Waals surface area contributed by atoms with Gasteiger partial charge in [0.2, 0.25) is 0 Å². The van der Waals surface area contributed by atoms with Gasteiger partial charge in [0, 0.05) is 18.3 Å². The Balaban J connectivity index is 2.29. The van der Waals surface area contributed by atoms with E-state index in [0.29, 0.717) is 6.04 Å². The lowest BCUT2D eigenvalue weighted by Gasteiger charge is -2.36. The molecule has 1 aliphatic heterocycles. The smallest absolute Gasteiger partial charge is 0.161 e. The summed E-state index contributed by atoms with van der Waals surface area (Å²) in [4.78, 5) is 13.6. The Hall–Kier alpha value is -1.35. The average Bonchev–Trinajstić information content (AvgIpc) is 2.15. The fourth-order valence-electron chi connectivity index (χ4n) is 1.72. The van der Waals surface area contributed by atoms with E-state index in [1.165, 1.54) is 0 Å². The summed E-state index contributed by atoms with van der Waals surface area (Å²) in [5.41, 5.74) is 1.78. The highest BCUT2D eigenvalue weighted by atomic mass is 16.5. The minimum absolute atomic E-state index is 0.109. The summed E-state index contributed by atoms with van der Waals surface area (Å²) >= 11 is 0. The van der Waals surface area contributed by atoms with Crippen molar-refractivity contribution in [3.05, 3.63) is 29.8 Å². The van der Waals surface area contributed by atoms with Crippen LogP contribution in [0.2, 0.25) is 0 Å². The molecule has 0 bridgehead atoms. The number of rotatable bonds is 3.